The van der Waals surface area contributed by atoms with Gasteiger partial charge in [-0.3, -0.25) is 11.3 Å². The fourth-order valence-electron chi connectivity index (χ4n) is 2.38. The molecule has 0 saturated heterocycles. The third-order valence-corrected chi connectivity index (χ3v) is 3.80. The Morgan fingerprint density at radius 1 is 1.35 bits per heavy atom. The van der Waals surface area contributed by atoms with E-state index in [-0.39, 0.29) is 6.04 Å². The molecule has 1 aromatic carbocycles. The number of rotatable bonds is 4. The molecule has 92 valence electrons. The summed E-state index contributed by atoms with van der Waals surface area (Å²) in [6.45, 7) is 0. The molecule has 3 N–H and O–H groups in total. The fraction of sp³-hybridized carbons (Fsp3) is 0.429. The monoisotopic (exact) mass is 294 g/mol. The highest BCUT2D eigenvalue weighted by atomic mass is 79.9. The second-order valence-corrected chi connectivity index (χ2v) is 5.49. The molecule has 1 aliphatic carbocycles. The van der Waals surface area contributed by atoms with Crippen molar-refractivity contribution in [3.8, 4) is 0 Å². The van der Waals surface area contributed by atoms with Crippen LogP contribution in [-0.4, -0.2) is 6.04 Å². The van der Waals surface area contributed by atoms with E-state index in [4.69, 9.17) is 5.84 Å². The molecule has 2 rings (SSSR count). The van der Waals surface area contributed by atoms with E-state index in [0.717, 1.165) is 10.9 Å². The van der Waals surface area contributed by atoms with Gasteiger partial charge in [0.2, 0.25) is 0 Å². The van der Waals surface area contributed by atoms with Crippen molar-refractivity contribution >= 4 is 15.9 Å². The zero-order valence-electron chi connectivity index (χ0n) is 9.95. The lowest BCUT2D eigenvalue weighted by Crippen LogP contribution is -2.38. The van der Waals surface area contributed by atoms with Gasteiger partial charge < -0.3 is 0 Å². The van der Waals surface area contributed by atoms with Gasteiger partial charge in [-0.05, 0) is 49.8 Å². The molecule has 0 fully saturated rings. The first-order chi connectivity index (χ1) is 8.29. The van der Waals surface area contributed by atoms with Crippen molar-refractivity contribution in [2.45, 2.75) is 38.1 Å². The molecule has 0 aliphatic heterocycles. The summed E-state index contributed by atoms with van der Waals surface area (Å²) < 4.78 is 1.13. The van der Waals surface area contributed by atoms with Gasteiger partial charge in [0.05, 0.1) is 0 Å². The van der Waals surface area contributed by atoms with Crippen LogP contribution < -0.4 is 11.3 Å². The van der Waals surface area contributed by atoms with Crippen molar-refractivity contribution in [1.29, 1.82) is 0 Å². The summed E-state index contributed by atoms with van der Waals surface area (Å²) in [5.41, 5.74) is 5.74. The van der Waals surface area contributed by atoms with E-state index < -0.39 is 0 Å². The van der Waals surface area contributed by atoms with E-state index in [1.807, 2.05) is 6.07 Å². The van der Waals surface area contributed by atoms with Gasteiger partial charge in [0.1, 0.15) is 0 Å². The minimum atomic E-state index is 0.282. The van der Waals surface area contributed by atoms with Gasteiger partial charge in [-0.2, -0.15) is 0 Å². The summed E-state index contributed by atoms with van der Waals surface area (Å²) >= 11 is 3.50. The van der Waals surface area contributed by atoms with E-state index >= 15 is 0 Å². The number of hydrazine groups is 1. The van der Waals surface area contributed by atoms with Crippen LogP contribution in [0.15, 0.2) is 40.4 Å². The van der Waals surface area contributed by atoms with E-state index in [1.54, 1.807) is 0 Å². The second kappa shape index (κ2) is 6.34. The highest BCUT2D eigenvalue weighted by Gasteiger charge is 2.15. The Kier molecular flexibility index (Phi) is 4.77. The topological polar surface area (TPSA) is 38.0 Å². The summed E-state index contributed by atoms with van der Waals surface area (Å²) in [7, 11) is 0. The Balaban J connectivity index is 2.06. The molecular formula is C14H19BrN2. The van der Waals surface area contributed by atoms with Crippen molar-refractivity contribution in [2.75, 3.05) is 0 Å². The summed E-state index contributed by atoms with van der Waals surface area (Å²) in [5, 5.41) is 0. The van der Waals surface area contributed by atoms with Crippen LogP contribution in [0.2, 0.25) is 0 Å². The van der Waals surface area contributed by atoms with E-state index in [2.05, 4.69) is 45.6 Å². The molecule has 0 bridgehead atoms. The van der Waals surface area contributed by atoms with Crippen LogP contribution in [-0.2, 0) is 6.42 Å². The molecule has 0 radical (unpaired) electrons. The Bertz CT molecular complexity index is 401. The number of allylic oxidation sites excluding steroid dienone is 1. The average Bonchev–Trinajstić information content (AvgIpc) is 2.37. The maximum absolute atomic E-state index is 5.69. The molecule has 17 heavy (non-hydrogen) atoms. The van der Waals surface area contributed by atoms with E-state index in [1.165, 1.54) is 36.8 Å². The molecule has 0 saturated carbocycles. The van der Waals surface area contributed by atoms with Crippen LogP contribution in [0.5, 0.6) is 0 Å². The van der Waals surface area contributed by atoms with Gasteiger partial charge in [0.25, 0.3) is 0 Å². The average molecular weight is 295 g/mol. The summed E-state index contributed by atoms with van der Waals surface area (Å²) in [6, 6.07) is 8.72. The van der Waals surface area contributed by atoms with Crippen LogP contribution in [0, 0.1) is 0 Å². The van der Waals surface area contributed by atoms with Crippen LogP contribution >= 0.6 is 15.9 Å². The molecule has 0 heterocycles. The largest absolute Gasteiger partial charge is 0.271 e. The van der Waals surface area contributed by atoms with Crippen LogP contribution in [0.4, 0.5) is 0 Å². The number of halogens is 1. The molecule has 1 aromatic rings. The van der Waals surface area contributed by atoms with Gasteiger partial charge in [-0.15, -0.1) is 0 Å². The summed E-state index contributed by atoms with van der Waals surface area (Å²) in [5.74, 6) is 5.69. The lowest BCUT2D eigenvalue weighted by atomic mass is 9.91. The van der Waals surface area contributed by atoms with Gasteiger partial charge in [0, 0.05) is 10.5 Å². The van der Waals surface area contributed by atoms with Gasteiger partial charge in [0.15, 0.2) is 0 Å². The molecule has 0 spiro atoms. The standard InChI is InChI=1S/C14H19BrN2/c15-13-8-4-5-11(9-13)10-14(17-16)12-6-2-1-3-7-12/h4-6,8-9,14,17H,1-3,7,10,16H2. The maximum Gasteiger partial charge on any atom is 0.0460 e. The predicted octanol–water partition coefficient (Wildman–Crippen LogP) is 3.32. The Labute approximate surface area is 111 Å². The molecule has 1 unspecified atom stereocenters. The first-order valence-corrected chi connectivity index (χ1v) is 6.98. The van der Waals surface area contributed by atoms with Crippen molar-refractivity contribution in [1.82, 2.24) is 5.43 Å². The molecular weight excluding hydrogens is 276 g/mol. The van der Waals surface area contributed by atoms with Crippen LogP contribution in [0.1, 0.15) is 31.2 Å². The molecule has 1 atom stereocenters. The third kappa shape index (κ3) is 3.66. The SMILES string of the molecule is NNC(Cc1cccc(Br)c1)C1=CCCCC1. The smallest absolute Gasteiger partial charge is 0.0460 e. The maximum atomic E-state index is 5.69. The fourth-order valence-corrected chi connectivity index (χ4v) is 2.82. The minimum Gasteiger partial charge on any atom is -0.271 e. The Morgan fingerprint density at radius 3 is 2.88 bits per heavy atom. The van der Waals surface area contributed by atoms with Crippen molar-refractivity contribution < 1.29 is 0 Å². The molecule has 2 nitrogen and oxygen atoms in total. The number of hydrogen-bond acceptors (Lipinski definition) is 2. The number of hydrogen-bond donors (Lipinski definition) is 2. The lowest BCUT2D eigenvalue weighted by Gasteiger charge is -2.22. The summed E-state index contributed by atoms with van der Waals surface area (Å²) in [4.78, 5) is 0. The number of benzene rings is 1. The van der Waals surface area contributed by atoms with E-state index in [9.17, 15) is 0 Å². The Hall–Kier alpha value is -0.640. The molecule has 1 aliphatic rings. The molecule has 3 heteroatoms. The lowest BCUT2D eigenvalue weighted by molar-refractivity contribution is 0.542. The minimum absolute atomic E-state index is 0.282. The van der Waals surface area contributed by atoms with Crippen LogP contribution in [0.25, 0.3) is 0 Å². The first-order valence-electron chi connectivity index (χ1n) is 6.19. The van der Waals surface area contributed by atoms with Gasteiger partial charge in [-0.25, -0.2) is 0 Å². The first kappa shape index (κ1) is 12.8. The van der Waals surface area contributed by atoms with E-state index in [0.29, 0.717) is 0 Å². The zero-order chi connectivity index (χ0) is 12.1. The van der Waals surface area contributed by atoms with Crippen molar-refractivity contribution in [3.05, 3.63) is 46.0 Å². The number of nitrogens with one attached hydrogen (secondary N) is 1. The van der Waals surface area contributed by atoms with Gasteiger partial charge in [-0.1, -0.05) is 39.7 Å². The summed E-state index contributed by atoms with van der Waals surface area (Å²) in [6.07, 6.45) is 8.31. The highest BCUT2D eigenvalue weighted by molar-refractivity contribution is 9.10. The van der Waals surface area contributed by atoms with Crippen molar-refractivity contribution in [2.24, 2.45) is 5.84 Å². The molecule has 0 amide bonds. The zero-order valence-corrected chi connectivity index (χ0v) is 11.5. The van der Waals surface area contributed by atoms with Gasteiger partial charge >= 0.3 is 0 Å². The predicted molar refractivity (Wildman–Crippen MR) is 75.5 cm³/mol. The van der Waals surface area contributed by atoms with Crippen LogP contribution in [0.3, 0.4) is 0 Å². The quantitative estimate of drug-likeness (QED) is 0.508. The Morgan fingerprint density at radius 2 is 2.24 bits per heavy atom. The third-order valence-electron chi connectivity index (χ3n) is 3.30. The normalized spacial score (nSPS) is 17.6. The second-order valence-electron chi connectivity index (χ2n) is 4.58. The number of nitrogens with two attached hydrogens (primary N) is 1. The van der Waals surface area contributed by atoms with Crippen molar-refractivity contribution in [3.63, 3.8) is 0 Å². The highest BCUT2D eigenvalue weighted by Crippen LogP contribution is 2.23. The molecule has 0 aromatic heterocycles.